The number of ether oxygens (including phenoxy) is 1. The number of nitrogens with two attached hydrogens (primary N) is 1. The first-order valence-electron chi connectivity index (χ1n) is 8.91. The first kappa shape index (κ1) is 19.5. The second-order valence-electron chi connectivity index (χ2n) is 6.86. The minimum absolute atomic E-state index is 0.0751. The smallest absolute Gasteiger partial charge is 0.408 e. The van der Waals surface area contributed by atoms with Crippen LogP contribution in [-0.4, -0.2) is 23.2 Å². The Morgan fingerprint density at radius 3 is 2.80 bits per heavy atom. The number of pyridine rings is 1. The molecule has 0 aliphatic carbocycles. The number of benzene rings is 1. The molecule has 1 aliphatic rings. The highest BCUT2D eigenvalue weighted by atomic mass is 32.2. The van der Waals surface area contributed by atoms with E-state index in [1.807, 2.05) is 13.0 Å². The van der Waals surface area contributed by atoms with Crippen molar-refractivity contribution in [1.82, 2.24) is 14.8 Å². The lowest BCUT2D eigenvalue weighted by Crippen LogP contribution is -2.21. The van der Waals surface area contributed by atoms with E-state index in [1.54, 1.807) is 31.2 Å². The van der Waals surface area contributed by atoms with E-state index in [9.17, 15) is 13.7 Å². The van der Waals surface area contributed by atoms with Crippen LogP contribution in [0.1, 0.15) is 29.8 Å². The summed E-state index contributed by atoms with van der Waals surface area (Å²) in [6.45, 7) is 3.62. The van der Waals surface area contributed by atoms with Crippen molar-refractivity contribution in [3.05, 3.63) is 47.3 Å². The van der Waals surface area contributed by atoms with Gasteiger partial charge in [0, 0.05) is 24.4 Å². The van der Waals surface area contributed by atoms with Gasteiger partial charge in [0.25, 0.3) is 0 Å². The van der Waals surface area contributed by atoms with Gasteiger partial charge in [0.2, 0.25) is 0 Å². The monoisotopic (exact) mass is 426 g/mol. The molecule has 3 aromatic rings. The van der Waals surface area contributed by atoms with Crippen molar-refractivity contribution in [2.75, 3.05) is 10.5 Å². The van der Waals surface area contributed by atoms with Gasteiger partial charge in [-0.2, -0.15) is 18.8 Å². The van der Waals surface area contributed by atoms with Crippen molar-refractivity contribution in [2.24, 2.45) is 7.05 Å². The number of aryl methyl sites for hydroxylation is 2. The number of hydrogen-bond acceptors (Lipinski definition) is 8. The molecule has 3 heterocycles. The van der Waals surface area contributed by atoms with Crippen LogP contribution >= 0.6 is 0 Å². The molecule has 0 radical (unpaired) electrons. The zero-order valence-electron chi connectivity index (χ0n) is 16.4. The summed E-state index contributed by atoms with van der Waals surface area (Å²) in [6, 6.07) is 8.67. The molecule has 4 rings (SSSR count). The number of nitrogen functional groups attached to an aromatic ring is 1. The second kappa shape index (κ2) is 6.93. The number of nitriles is 1. The summed E-state index contributed by atoms with van der Waals surface area (Å²) in [5.74, 6) is 0.465. The summed E-state index contributed by atoms with van der Waals surface area (Å²) < 4.78 is 40.4. The Hall–Kier alpha value is -3.78. The van der Waals surface area contributed by atoms with E-state index in [1.165, 1.54) is 17.9 Å². The molecule has 154 valence electrons. The highest BCUT2D eigenvalue weighted by Gasteiger charge is 2.27. The average molecular weight is 426 g/mol. The number of aromatic nitrogens is 3. The van der Waals surface area contributed by atoms with Gasteiger partial charge in [-0.1, -0.05) is 11.6 Å². The Labute approximate surface area is 173 Å². The van der Waals surface area contributed by atoms with E-state index in [4.69, 9.17) is 14.7 Å². The lowest BCUT2D eigenvalue weighted by Gasteiger charge is -2.21. The molecule has 0 saturated heterocycles. The third-order valence-corrected chi connectivity index (χ3v) is 5.49. The summed E-state index contributed by atoms with van der Waals surface area (Å²) >= 11 is 0. The first-order chi connectivity index (χ1) is 14.2. The van der Waals surface area contributed by atoms with Crippen molar-refractivity contribution in [3.63, 3.8) is 0 Å². The van der Waals surface area contributed by atoms with Gasteiger partial charge >= 0.3 is 10.3 Å². The lowest BCUT2D eigenvalue weighted by molar-refractivity contribution is 0.225. The van der Waals surface area contributed by atoms with Gasteiger partial charge in [-0.25, -0.2) is 9.71 Å². The van der Waals surface area contributed by atoms with E-state index in [0.717, 1.165) is 5.56 Å². The van der Waals surface area contributed by atoms with Crippen LogP contribution in [0.2, 0.25) is 0 Å². The van der Waals surface area contributed by atoms with E-state index < -0.39 is 16.4 Å². The van der Waals surface area contributed by atoms with Crippen LogP contribution in [0, 0.1) is 18.3 Å². The molecule has 1 aliphatic heterocycles. The molecule has 0 amide bonds. The van der Waals surface area contributed by atoms with Gasteiger partial charge < -0.3 is 14.7 Å². The van der Waals surface area contributed by atoms with E-state index >= 15 is 0 Å². The Balaban J connectivity index is 2.00. The van der Waals surface area contributed by atoms with Gasteiger partial charge in [0.15, 0.2) is 23.1 Å². The molecular weight excluding hydrogens is 408 g/mol. The molecule has 2 bridgehead atoms. The zero-order chi connectivity index (χ0) is 21.6. The topological polar surface area (TPSA) is 145 Å². The van der Waals surface area contributed by atoms with Crippen molar-refractivity contribution < 1.29 is 17.3 Å². The number of hydrogen-bond donors (Lipinski definition) is 2. The predicted octanol–water partition coefficient (Wildman–Crippen LogP) is 2.43. The number of anilines is 2. The first-order valence-corrected chi connectivity index (χ1v) is 10.3. The maximum Gasteiger partial charge on any atom is 0.408 e. The van der Waals surface area contributed by atoms with Crippen molar-refractivity contribution in [2.45, 2.75) is 20.0 Å². The normalized spacial score (nSPS) is 16.9. The van der Waals surface area contributed by atoms with Crippen molar-refractivity contribution >= 4 is 21.9 Å². The average Bonchev–Trinajstić information content (AvgIpc) is 2.98. The molecule has 11 heteroatoms. The van der Waals surface area contributed by atoms with Crippen LogP contribution in [0.25, 0.3) is 11.1 Å². The maximum absolute atomic E-state index is 12.7. The molecular formula is C19H18N6O4S. The third kappa shape index (κ3) is 3.37. The Kier molecular flexibility index (Phi) is 4.51. The molecule has 0 fully saturated rings. The van der Waals surface area contributed by atoms with Crippen LogP contribution in [0.5, 0.6) is 11.5 Å². The van der Waals surface area contributed by atoms with Crippen LogP contribution in [0.4, 0.5) is 11.6 Å². The zero-order valence-corrected chi connectivity index (χ0v) is 17.2. The minimum atomic E-state index is -4.32. The van der Waals surface area contributed by atoms with Crippen molar-refractivity contribution in [1.29, 1.82) is 5.26 Å². The Morgan fingerprint density at radius 1 is 1.30 bits per heavy atom. The highest BCUT2D eigenvalue weighted by Crippen LogP contribution is 2.38. The molecule has 0 saturated carbocycles. The van der Waals surface area contributed by atoms with Gasteiger partial charge in [-0.15, -0.1) is 0 Å². The van der Waals surface area contributed by atoms with E-state index in [-0.39, 0.29) is 34.4 Å². The van der Waals surface area contributed by atoms with Gasteiger partial charge in [-0.05, 0) is 32.0 Å². The fraction of sp³-hybridized carbons (Fsp3) is 0.211. The van der Waals surface area contributed by atoms with Crippen LogP contribution in [0.3, 0.4) is 0 Å². The van der Waals surface area contributed by atoms with Gasteiger partial charge in [0.1, 0.15) is 17.9 Å². The summed E-state index contributed by atoms with van der Waals surface area (Å²) in [4.78, 5) is 4.15. The summed E-state index contributed by atoms with van der Waals surface area (Å²) in [5, 5.41) is 13.7. The number of rotatable bonds is 0. The lowest BCUT2D eigenvalue weighted by atomic mass is 10.1. The van der Waals surface area contributed by atoms with Crippen molar-refractivity contribution in [3.8, 4) is 28.7 Å². The summed E-state index contributed by atoms with van der Waals surface area (Å²) in [5.41, 5.74) is 8.20. The second-order valence-corrected chi connectivity index (χ2v) is 8.13. The predicted molar refractivity (Wildman–Crippen MR) is 109 cm³/mol. The summed E-state index contributed by atoms with van der Waals surface area (Å²) in [6.07, 6.45) is 0.824. The van der Waals surface area contributed by atoms with Crippen LogP contribution in [-0.2, 0) is 17.4 Å². The molecule has 0 spiro atoms. The van der Waals surface area contributed by atoms with Crippen LogP contribution < -0.4 is 19.4 Å². The number of fused-ring (bicyclic) bond motifs is 5. The van der Waals surface area contributed by atoms with E-state index in [0.29, 0.717) is 11.1 Å². The van der Waals surface area contributed by atoms with Gasteiger partial charge in [-0.3, -0.25) is 4.68 Å². The molecule has 0 unspecified atom stereocenters. The third-order valence-electron chi connectivity index (χ3n) is 4.65. The number of nitrogens with one attached hydrogen (secondary N) is 1. The largest absolute Gasteiger partial charge is 0.482 e. The van der Waals surface area contributed by atoms with Crippen LogP contribution in [0.15, 0.2) is 30.5 Å². The number of nitrogens with zero attached hydrogens (tertiary/aromatic N) is 4. The maximum atomic E-state index is 12.7. The highest BCUT2D eigenvalue weighted by molar-refractivity contribution is 7.88. The molecule has 1 aromatic carbocycles. The molecule has 1 atom stereocenters. The van der Waals surface area contributed by atoms with Gasteiger partial charge in [0.05, 0.1) is 5.56 Å². The Bertz CT molecular complexity index is 1310. The molecule has 30 heavy (non-hydrogen) atoms. The Morgan fingerprint density at radius 2 is 2.07 bits per heavy atom. The summed E-state index contributed by atoms with van der Waals surface area (Å²) in [7, 11) is -2.79. The molecule has 10 nitrogen and oxygen atoms in total. The quantitative estimate of drug-likeness (QED) is 0.557. The molecule has 2 aromatic heterocycles. The minimum Gasteiger partial charge on any atom is -0.482 e. The van der Waals surface area contributed by atoms with E-state index in [2.05, 4.69) is 14.8 Å². The fourth-order valence-electron chi connectivity index (χ4n) is 3.26. The standard InChI is InChI=1S/C19H18N6O4S/c1-10-4-5-15-13(6-10)11(2)28-16-7-12(9-22-18(16)21)17-14(8-20)25(3)23-19(17)24-30(26,27)29-15/h4-7,9,11H,1-3H3,(H2,21,22)(H,23,24)/t11-/m1/s1. The molecule has 3 N–H and O–H groups in total. The SMILES string of the molecule is Cc1ccc2c(c1)[C@@H](C)Oc1cc(cnc1N)-c1c(nn(C)c1C#N)NS(=O)(=O)O2. The fourth-order valence-corrected chi connectivity index (χ4v) is 4.07.